The van der Waals surface area contributed by atoms with Gasteiger partial charge < -0.3 is 5.32 Å². The van der Waals surface area contributed by atoms with E-state index in [9.17, 15) is 13.2 Å². The molecule has 0 fully saturated rings. The standard InChI is InChI=1S/C12H10N4O3S/c1-2-7-13-12(17)10-3-5-11(6-4-10)20(18,19)16-14-8-9-15-16/h1,3-6,8-9H,7H2,(H,13,17). The normalized spacial score (nSPS) is 10.8. The van der Waals surface area contributed by atoms with Crippen molar-refractivity contribution < 1.29 is 13.2 Å². The third-order valence-electron chi connectivity index (χ3n) is 2.38. The maximum absolute atomic E-state index is 12.1. The highest BCUT2D eigenvalue weighted by Gasteiger charge is 2.18. The number of carbonyl (C=O) groups excluding carboxylic acids is 1. The van der Waals surface area contributed by atoms with Crippen LogP contribution >= 0.6 is 0 Å². The monoisotopic (exact) mass is 290 g/mol. The molecule has 8 heteroatoms. The van der Waals surface area contributed by atoms with E-state index in [1.807, 2.05) is 0 Å². The third-order valence-corrected chi connectivity index (χ3v) is 3.86. The average molecular weight is 290 g/mol. The Morgan fingerprint density at radius 1 is 1.25 bits per heavy atom. The second-order valence-electron chi connectivity index (χ2n) is 3.67. The van der Waals surface area contributed by atoms with Gasteiger partial charge in [-0.25, -0.2) is 0 Å². The zero-order chi connectivity index (χ0) is 14.6. The number of aromatic nitrogens is 3. The van der Waals surface area contributed by atoms with E-state index < -0.39 is 10.0 Å². The summed E-state index contributed by atoms with van der Waals surface area (Å²) in [5.74, 6) is 1.90. The van der Waals surface area contributed by atoms with Gasteiger partial charge in [0.2, 0.25) is 0 Å². The Morgan fingerprint density at radius 3 is 2.40 bits per heavy atom. The molecular weight excluding hydrogens is 280 g/mol. The average Bonchev–Trinajstić information content (AvgIpc) is 3.00. The van der Waals surface area contributed by atoms with Crippen molar-refractivity contribution in [3.05, 3.63) is 42.2 Å². The van der Waals surface area contributed by atoms with Crippen LogP contribution in [0.4, 0.5) is 0 Å². The number of hydrogen-bond acceptors (Lipinski definition) is 5. The number of benzene rings is 1. The van der Waals surface area contributed by atoms with Crippen molar-refractivity contribution in [3.63, 3.8) is 0 Å². The van der Waals surface area contributed by atoms with Crippen LogP contribution in [0.5, 0.6) is 0 Å². The van der Waals surface area contributed by atoms with E-state index in [4.69, 9.17) is 6.42 Å². The predicted octanol–water partition coefficient (Wildman–Crippen LogP) is -0.122. The molecule has 0 aliphatic rings. The molecule has 0 unspecified atom stereocenters. The Morgan fingerprint density at radius 2 is 1.85 bits per heavy atom. The minimum Gasteiger partial charge on any atom is -0.341 e. The summed E-state index contributed by atoms with van der Waals surface area (Å²) in [6.07, 6.45) is 7.56. The molecule has 1 aromatic carbocycles. The fourth-order valence-corrected chi connectivity index (χ4v) is 2.46. The zero-order valence-corrected chi connectivity index (χ0v) is 11.0. The van der Waals surface area contributed by atoms with Gasteiger partial charge in [-0.1, -0.05) is 10.1 Å². The highest BCUT2D eigenvalue weighted by Crippen LogP contribution is 2.12. The summed E-state index contributed by atoms with van der Waals surface area (Å²) in [6, 6.07) is 5.40. The lowest BCUT2D eigenvalue weighted by Gasteiger charge is -2.04. The van der Waals surface area contributed by atoms with Crippen LogP contribution in [0.25, 0.3) is 0 Å². The van der Waals surface area contributed by atoms with E-state index in [0.29, 0.717) is 9.77 Å². The smallest absolute Gasteiger partial charge is 0.299 e. The van der Waals surface area contributed by atoms with Crippen molar-refractivity contribution in [1.29, 1.82) is 0 Å². The molecule has 1 heterocycles. The van der Waals surface area contributed by atoms with Gasteiger partial charge in [-0.15, -0.1) is 16.6 Å². The van der Waals surface area contributed by atoms with Crippen LogP contribution in [-0.2, 0) is 10.0 Å². The quantitative estimate of drug-likeness (QED) is 0.792. The summed E-state index contributed by atoms with van der Waals surface area (Å²) in [5, 5.41) is 9.64. The Labute approximate surface area is 115 Å². The summed E-state index contributed by atoms with van der Waals surface area (Å²) in [5.41, 5.74) is 0.313. The summed E-state index contributed by atoms with van der Waals surface area (Å²) in [4.78, 5) is 11.6. The topological polar surface area (TPSA) is 94.0 Å². The molecule has 20 heavy (non-hydrogen) atoms. The molecule has 0 radical (unpaired) electrons. The van der Waals surface area contributed by atoms with Gasteiger partial charge in [-0.05, 0) is 24.3 Å². The van der Waals surface area contributed by atoms with Crippen LogP contribution in [0.15, 0.2) is 41.6 Å². The van der Waals surface area contributed by atoms with Crippen molar-refractivity contribution in [1.82, 2.24) is 19.7 Å². The molecule has 0 aliphatic carbocycles. The van der Waals surface area contributed by atoms with Crippen LogP contribution in [0.2, 0.25) is 0 Å². The number of amides is 1. The number of nitrogens with zero attached hydrogens (tertiary/aromatic N) is 3. The Kier molecular flexibility index (Phi) is 3.81. The van der Waals surface area contributed by atoms with Crippen molar-refractivity contribution in [2.45, 2.75) is 4.90 Å². The van der Waals surface area contributed by atoms with Crippen LogP contribution in [-0.4, -0.2) is 35.3 Å². The highest BCUT2D eigenvalue weighted by molar-refractivity contribution is 7.89. The molecule has 7 nitrogen and oxygen atoms in total. The largest absolute Gasteiger partial charge is 0.341 e. The van der Waals surface area contributed by atoms with E-state index in [0.717, 1.165) is 0 Å². The van der Waals surface area contributed by atoms with E-state index >= 15 is 0 Å². The van der Waals surface area contributed by atoms with Gasteiger partial charge in [0.25, 0.3) is 15.9 Å². The van der Waals surface area contributed by atoms with Crippen molar-refractivity contribution >= 4 is 15.9 Å². The van der Waals surface area contributed by atoms with E-state index in [2.05, 4.69) is 21.4 Å². The number of hydrogen-bond donors (Lipinski definition) is 1. The molecule has 1 N–H and O–H groups in total. The summed E-state index contributed by atoms with van der Waals surface area (Å²) < 4.78 is 24.7. The molecule has 0 spiro atoms. The Bertz CT molecular complexity index is 743. The maximum Gasteiger partial charge on any atom is 0.299 e. The first-order valence-corrected chi connectivity index (χ1v) is 6.93. The molecule has 0 saturated carbocycles. The SMILES string of the molecule is C#CCNC(=O)c1ccc(S(=O)(=O)n2nccn2)cc1. The van der Waals surface area contributed by atoms with Crippen molar-refractivity contribution in [2.75, 3.05) is 6.54 Å². The Hall–Kier alpha value is -2.66. The second kappa shape index (κ2) is 5.54. The first kappa shape index (κ1) is 13.8. The molecular formula is C12H10N4O3S. The zero-order valence-electron chi connectivity index (χ0n) is 10.2. The molecule has 1 amide bonds. The third kappa shape index (κ3) is 2.67. The lowest BCUT2D eigenvalue weighted by atomic mass is 10.2. The predicted molar refractivity (Wildman–Crippen MR) is 70.2 cm³/mol. The first-order valence-electron chi connectivity index (χ1n) is 5.49. The number of rotatable bonds is 4. The van der Waals surface area contributed by atoms with Crippen LogP contribution in [0.1, 0.15) is 10.4 Å². The number of carbonyl (C=O) groups is 1. The first-order chi connectivity index (χ1) is 9.55. The fraction of sp³-hybridized carbons (Fsp3) is 0.0833. The van der Waals surface area contributed by atoms with E-state index in [1.54, 1.807) is 0 Å². The second-order valence-corrected chi connectivity index (χ2v) is 5.42. The van der Waals surface area contributed by atoms with Gasteiger partial charge in [0, 0.05) is 5.56 Å². The molecule has 0 atom stereocenters. The molecule has 0 bridgehead atoms. The fourth-order valence-electron chi connectivity index (χ4n) is 1.43. The molecule has 1 aromatic heterocycles. The number of terminal acetylenes is 1. The molecule has 102 valence electrons. The van der Waals surface area contributed by atoms with Gasteiger partial charge in [-0.3, -0.25) is 4.79 Å². The molecule has 0 saturated heterocycles. The number of nitrogens with one attached hydrogen (secondary N) is 1. The van der Waals surface area contributed by atoms with Crippen molar-refractivity contribution in [2.24, 2.45) is 0 Å². The van der Waals surface area contributed by atoms with E-state index in [1.165, 1.54) is 36.7 Å². The van der Waals surface area contributed by atoms with Crippen LogP contribution in [0.3, 0.4) is 0 Å². The minimum absolute atomic E-state index is 0.0119. The molecule has 2 aromatic rings. The summed E-state index contributed by atoms with van der Waals surface area (Å²) in [7, 11) is -3.82. The van der Waals surface area contributed by atoms with E-state index in [-0.39, 0.29) is 17.3 Å². The summed E-state index contributed by atoms with van der Waals surface area (Å²) in [6.45, 7) is 0.107. The van der Waals surface area contributed by atoms with Crippen LogP contribution < -0.4 is 5.32 Å². The lowest BCUT2D eigenvalue weighted by Crippen LogP contribution is -2.23. The van der Waals surface area contributed by atoms with Gasteiger partial charge in [-0.2, -0.15) is 8.42 Å². The lowest BCUT2D eigenvalue weighted by molar-refractivity contribution is 0.0958. The van der Waals surface area contributed by atoms with Crippen molar-refractivity contribution in [3.8, 4) is 12.3 Å². The van der Waals surface area contributed by atoms with Gasteiger partial charge in [0.1, 0.15) is 0 Å². The minimum atomic E-state index is -3.82. The highest BCUT2D eigenvalue weighted by atomic mass is 32.2. The molecule has 2 rings (SSSR count). The van der Waals surface area contributed by atoms with Gasteiger partial charge in [0.05, 0.1) is 23.8 Å². The van der Waals surface area contributed by atoms with Crippen LogP contribution in [0, 0.1) is 12.3 Å². The van der Waals surface area contributed by atoms with Gasteiger partial charge >= 0.3 is 0 Å². The Balaban J connectivity index is 2.25. The molecule has 0 aliphatic heterocycles. The summed E-state index contributed by atoms with van der Waals surface area (Å²) >= 11 is 0. The van der Waals surface area contributed by atoms with Gasteiger partial charge in [0.15, 0.2) is 0 Å². The maximum atomic E-state index is 12.1.